The third kappa shape index (κ3) is 2.45. The summed E-state index contributed by atoms with van der Waals surface area (Å²) in [5.41, 5.74) is 1.28. The number of aromatic nitrogens is 2. The molecule has 1 aliphatic rings. The number of nitrogens with one attached hydrogen (secondary N) is 1. The fourth-order valence-electron chi connectivity index (χ4n) is 2.36. The third-order valence-corrected chi connectivity index (χ3v) is 3.21. The summed E-state index contributed by atoms with van der Waals surface area (Å²) >= 11 is 0. The Hall–Kier alpha value is -1.27. The Kier molecular flexibility index (Phi) is 3.63. The first-order valence-electron chi connectivity index (χ1n) is 6.01. The molecular formula is C13H19N3. The molecule has 2 unspecified atom stereocenters. The molecule has 1 fully saturated rings. The molecule has 0 bridgehead atoms. The van der Waals surface area contributed by atoms with Crippen LogP contribution in [0.1, 0.15) is 44.3 Å². The lowest BCUT2D eigenvalue weighted by Gasteiger charge is -2.29. The zero-order valence-electron chi connectivity index (χ0n) is 9.82. The molecule has 0 aromatic carbocycles. The summed E-state index contributed by atoms with van der Waals surface area (Å²) in [5, 5.41) is 3.62. The molecule has 2 rings (SSSR count). The molecule has 1 saturated heterocycles. The van der Waals surface area contributed by atoms with Crippen molar-refractivity contribution in [3.8, 4) is 12.3 Å². The molecule has 0 spiro atoms. The lowest BCUT2D eigenvalue weighted by Crippen LogP contribution is -2.35. The second-order valence-corrected chi connectivity index (χ2v) is 4.52. The minimum absolute atomic E-state index is 0.448. The van der Waals surface area contributed by atoms with Crippen molar-refractivity contribution in [3.63, 3.8) is 0 Å². The second-order valence-electron chi connectivity index (χ2n) is 4.52. The summed E-state index contributed by atoms with van der Waals surface area (Å²) in [6.07, 6.45) is 13.7. The Balaban J connectivity index is 2.07. The van der Waals surface area contributed by atoms with E-state index in [0.717, 1.165) is 13.0 Å². The predicted octanol–water partition coefficient (Wildman–Crippen LogP) is 2.11. The smallest absolute Gasteiger partial charge is 0.0948 e. The Morgan fingerprint density at radius 2 is 2.50 bits per heavy atom. The van der Waals surface area contributed by atoms with Crippen LogP contribution in [0, 0.1) is 12.3 Å². The van der Waals surface area contributed by atoms with Crippen LogP contribution in [0.2, 0.25) is 0 Å². The summed E-state index contributed by atoms with van der Waals surface area (Å²) in [6, 6.07) is 1.05. The van der Waals surface area contributed by atoms with Crippen LogP contribution in [0.3, 0.4) is 0 Å². The first-order chi connectivity index (χ1) is 7.81. The Labute approximate surface area is 97.3 Å². The number of imidazole rings is 1. The molecule has 2 atom stereocenters. The van der Waals surface area contributed by atoms with Gasteiger partial charge in [-0.15, -0.1) is 12.3 Å². The van der Waals surface area contributed by atoms with E-state index in [2.05, 4.69) is 27.7 Å². The van der Waals surface area contributed by atoms with Crippen molar-refractivity contribution in [2.24, 2.45) is 0 Å². The van der Waals surface area contributed by atoms with E-state index in [1.165, 1.54) is 25.0 Å². The quantitative estimate of drug-likeness (QED) is 0.786. The van der Waals surface area contributed by atoms with Crippen LogP contribution >= 0.6 is 0 Å². The minimum atomic E-state index is 0.448. The van der Waals surface area contributed by atoms with E-state index in [-0.39, 0.29) is 0 Å². The monoisotopic (exact) mass is 217 g/mol. The lowest BCUT2D eigenvalue weighted by molar-refractivity contribution is 0.329. The molecule has 1 aromatic heterocycles. The average Bonchev–Trinajstić information content (AvgIpc) is 2.74. The molecule has 0 aliphatic carbocycles. The van der Waals surface area contributed by atoms with Gasteiger partial charge < -0.3 is 9.88 Å². The first-order valence-corrected chi connectivity index (χ1v) is 6.01. The van der Waals surface area contributed by atoms with E-state index < -0.39 is 0 Å². The van der Waals surface area contributed by atoms with Gasteiger partial charge in [-0.3, -0.25) is 0 Å². The fraction of sp³-hybridized carbons (Fsp3) is 0.615. The molecule has 1 aliphatic heterocycles. The Morgan fingerprint density at radius 1 is 1.62 bits per heavy atom. The topological polar surface area (TPSA) is 29.9 Å². The number of nitrogens with zero attached hydrogens (tertiary/aromatic N) is 2. The van der Waals surface area contributed by atoms with Gasteiger partial charge in [0, 0.05) is 31.2 Å². The molecule has 86 valence electrons. The van der Waals surface area contributed by atoms with Gasteiger partial charge >= 0.3 is 0 Å². The average molecular weight is 217 g/mol. The molecular weight excluding hydrogens is 198 g/mol. The summed E-state index contributed by atoms with van der Waals surface area (Å²) in [5.74, 6) is 2.68. The highest BCUT2D eigenvalue weighted by Crippen LogP contribution is 2.25. The molecule has 1 N–H and O–H groups in total. The molecule has 0 saturated carbocycles. The summed E-state index contributed by atoms with van der Waals surface area (Å²) in [7, 11) is 0. The summed E-state index contributed by atoms with van der Waals surface area (Å²) in [6.45, 7) is 3.12. The zero-order valence-corrected chi connectivity index (χ0v) is 9.82. The lowest BCUT2D eigenvalue weighted by atomic mass is 9.97. The number of hydrogen-bond acceptors (Lipinski definition) is 2. The number of hydrogen-bond donors (Lipinski definition) is 1. The highest BCUT2D eigenvalue weighted by atomic mass is 15.1. The van der Waals surface area contributed by atoms with Gasteiger partial charge in [-0.1, -0.05) is 0 Å². The van der Waals surface area contributed by atoms with Crippen LogP contribution in [-0.2, 0) is 6.54 Å². The predicted molar refractivity (Wildman–Crippen MR) is 64.9 cm³/mol. The number of terminal acetylenes is 1. The normalized spacial score (nSPS) is 25.2. The van der Waals surface area contributed by atoms with Crippen molar-refractivity contribution in [1.82, 2.24) is 14.9 Å². The van der Waals surface area contributed by atoms with E-state index >= 15 is 0 Å². The van der Waals surface area contributed by atoms with Gasteiger partial charge in [0.25, 0.3) is 0 Å². The van der Waals surface area contributed by atoms with Crippen LogP contribution in [0.5, 0.6) is 0 Å². The highest BCUT2D eigenvalue weighted by Gasteiger charge is 2.21. The SMILES string of the molecule is C#CCCn1cncc1C1CCCC(C)N1. The molecule has 1 aromatic rings. The molecule has 3 nitrogen and oxygen atoms in total. The van der Waals surface area contributed by atoms with Gasteiger partial charge in [0.15, 0.2) is 0 Å². The molecule has 0 radical (unpaired) electrons. The van der Waals surface area contributed by atoms with Gasteiger partial charge in [0.2, 0.25) is 0 Å². The summed E-state index contributed by atoms with van der Waals surface area (Å²) in [4.78, 5) is 4.23. The fourth-order valence-corrected chi connectivity index (χ4v) is 2.36. The molecule has 3 heteroatoms. The maximum atomic E-state index is 5.30. The van der Waals surface area contributed by atoms with E-state index in [4.69, 9.17) is 6.42 Å². The van der Waals surface area contributed by atoms with Gasteiger partial charge in [0.1, 0.15) is 0 Å². The second kappa shape index (κ2) is 5.18. The number of piperidine rings is 1. The van der Waals surface area contributed by atoms with Crippen LogP contribution < -0.4 is 5.32 Å². The number of aryl methyl sites for hydroxylation is 1. The largest absolute Gasteiger partial charge is 0.332 e. The van der Waals surface area contributed by atoms with Crippen LogP contribution in [0.25, 0.3) is 0 Å². The van der Waals surface area contributed by atoms with Crippen molar-refractivity contribution in [2.75, 3.05) is 0 Å². The molecule has 0 amide bonds. The van der Waals surface area contributed by atoms with Crippen LogP contribution in [0.15, 0.2) is 12.5 Å². The summed E-state index contributed by atoms with van der Waals surface area (Å²) < 4.78 is 2.18. The number of rotatable bonds is 3. The van der Waals surface area contributed by atoms with Crippen molar-refractivity contribution in [3.05, 3.63) is 18.2 Å². The van der Waals surface area contributed by atoms with Crippen molar-refractivity contribution in [2.45, 2.75) is 51.2 Å². The van der Waals surface area contributed by atoms with Gasteiger partial charge in [0.05, 0.1) is 12.0 Å². The standard InChI is InChI=1S/C13H19N3/c1-3-4-8-16-10-14-9-13(16)12-7-5-6-11(2)15-12/h1,9-12,15H,4-8H2,2H3. The van der Waals surface area contributed by atoms with Crippen molar-refractivity contribution < 1.29 is 0 Å². The Morgan fingerprint density at radius 3 is 3.25 bits per heavy atom. The maximum Gasteiger partial charge on any atom is 0.0948 e. The Bertz CT molecular complexity index is 375. The van der Waals surface area contributed by atoms with Gasteiger partial charge in [-0.05, 0) is 26.2 Å². The van der Waals surface area contributed by atoms with Crippen molar-refractivity contribution >= 4 is 0 Å². The van der Waals surface area contributed by atoms with Gasteiger partial charge in [-0.25, -0.2) is 4.98 Å². The third-order valence-electron chi connectivity index (χ3n) is 3.21. The van der Waals surface area contributed by atoms with Crippen LogP contribution in [-0.4, -0.2) is 15.6 Å². The van der Waals surface area contributed by atoms with Gasteiger partial charge in [-0.2, -0.15) is 0 Å². The van der Waals surface area contributed by atoms with Crippen LogP contribution in [0.4, 0.5) is 0 Å². The van der Waals surface area contributed by atoms with E-state index in [9.17, 15) is 0 Å². The van der Waals surface area contributed by atoms with Crippen molar-refractivity contribution in [1.29, 1.82) is 0 Å². The van der Waals surface area contributed by atoms with E-state index in [1.807, 2.05) is 12.5 Å². The van der Waals surface area contributed by atoms with E-state index in [0.29, 0.717) is 12.1 Å². The van der Waals surface area contributed by atoms with E-state index in [1.54, 1.807) is 0 Å². The molecule has 2 heterocycles. The maximum absolute atomic E-state index is 5.30. The zero-order chi connectivity index (χ0) is 11.4. The highest BCUT2D eigenvalue weighted by molar-refractivity contribution is 5.07. The minimum Gasteiger partial charge on any atom is -0.332 e. The first kappa shape index (κ1) is 11.2. The molecule has 16 heavy (non-hydrogen) atoms.